The highest BCUT2D eigenvalue weighted by atomic mass is 16.2. The van der Waals surface area contributed by atoms with E-state index in [9.17, 15) is 4.79 Å². The van der Waals surface area contributed by atoms with Crippen molar-refractivity contribution in [2.75, 3.05) is 33.2 Å². The number of pyridine rings is 1. The summed E-state index contributed by atoms with van der Waals surface area (Å²) in [5.41, 5.74) is 2.34. The molecule has 0 radical (unpaired) electrons. The molecule has 6 heteroatoms. The zero-order chi connectivity index (χ0) is 15.4. The van der Waals surface area contributed by atoms with E-state index in [1.807, 2.05) is 11.0 Å². The maximum Gasteiger partial charge on any atom is 0.255 e. The number of carbonyl (C=O) groups is 1. The van der Waals surface area contributed by atoms with E-state index in [4.69, 9.17) is 0 Å². The zero-order valence-electron chi connectivity index (χ0n) is 12.6. The number of nitrogens with zero attached hydrogens (tertiary/aromatic N) is 5. The first-order chi connectivity index (χ1) is 10.7. The summed E-state index contributed by atoms with van der Waals surface area (Å²) in [4.78, 5) is 29.1. The third kappa shape index (κ3) is 3.28. The van der Waals surface area contributed by atoms with E-state index in [0.29, 0.717) is 5.56 Å². The highest BCUT2D eigenvalue weighted by Crippen LogP contribution is 2.18. The fraction of sp³-hybridized carbons (Fsp3) is 0.375. The summed E-state index contributed by atoms with van der Waals surface area (Å²) < 4.78 is 0. The van der Waals surface area contributed by atoms with Crippen LogP contribution in [0.15, 0.2) is 37.2 Å². The molecule has 1 amide bonds. The normalized spacial score (nSPS) is 16.3. The van der Waals surface area contributed by atoms with Gasteiger partial charge in [-0.25, -0.2) is 9.97 Å². The molecule has 1 fully saturated rings. The average molecular weight is 297 g/mol. The molecule has 22 heavy (non-hydrogen) atoms. The molecule has 0 spiro atoms. The fourth-order valence-electron chi connectivity index (χ4n) is 2.60. The average Bonchev–Trinajstić information content (AvgIpc) is 2.80. The van der Waals surface area contributed by atoms with Crippen LogP contribution in [0.2, 0.25) is 0 Å². The molecule has 1 aliphatic heterocycles. The molecule has 114 valence electrons. The number of rotatable bonds is 2. The van der Waals surface area contributed by atoms with Crippen molar-refractivity contribution in [2.24, 2.45) is 0 Å². The first-order valence-corrected chi connectivity index (χ1v) is 7.42. The quantitative estimate of drug-likeness (QED) is 0.836. The van der Waals surface area contributed by atoms with Gasteiger partial charge in [0.1, 0.15) is 6.33 Å². The maximum atomic E-state index is 12.7. The van der Waals surface area contributed by atoms with Gasteiger partial charge in [-0.3, -0.25) is 9.78 Å². The van der Waals surface area contributed by atoms with Crippen molar-refractivity contribution in [3.63, 3.8) is 0 Å². The Labute approximate surface area is 129 Å². The molecule has 0 aliphatic carbocycles. The van der Waals surface area contributed by atoms with E-state index >= 15 is 0 Å². The molecular formula is C16H19N5O. The Morgan fingerprint density at radius 1 is 0.955 bits per heavy atom. The molecule has 1 aliphatic rings. The number of hydrogen-bond donors (Lipinski definition) is 0. The van der Waals surface area contributed by atoms with Gasteiger partial charge in [-0.1, -0.05) is 0 Å². The van der Waals surface area contributed by atoms with E-state index in [1.165, 1.54) is 6.33 Å². The topological polar surface area (TPSA) is 62.2 Å². The summed E-state index contributed by atoms with van der Waals surface area (Å²) in [5.74, 6) is 0.0431. The van der Waals surface area contributed by atoms with Crippen molar-refractivity contribution >= 4 is 5.91 Å². The molecule has 3 rings (SSSR count). The second-order valence-corrected chi connectivity index (χ2v) is 5.54. The predicted octanol–water partition coefficient (Wildman–Crippen LogP) is 1.32. The highest BCUT2D eigenvalue weighted by Gasteiger charge is 2.19. The van der Waals surface area contributed by atoms with Gasteiger partial charge in [-0.15, -0.1) is 0 Å². The lowest BCUT2D eigenvalue weighted by Gasteiger charge is -2.20. The SMILES string of the molecule is CN1CCCN(C(=O)c2cncc(-c3cncnc3)c2)CC1. The standard InChI is InChI=1S/C16H19N5O/c1-20-3-2-4-21(6-5-20)16(22)14-7-13(8-17-9-14)15-10-18-12-19-11-15/h7-12H,2-6H2,1H3. The molecule has 0 bridgehead atoms. The van der Waals surface area contributed by atoms with Crippen LogP contribution in [0.25, 0.3) is 11.1 Å². The van der Waals surface area contributed by atoms with Crippen LogP contribution in [-0.2, 0) is 0 Å². The number of hydrogen-bond acceptors (Lipinski definition) is 5. The van der Waals surface area contributed by atoms with Gasteiger partial charge in [-0.2, -0.15) is 0 Å². The van der Waals surface area contributed by atoms with Crippen LogP contribution in [0.5, 0.6) is 0 Å². The Hall–Kier alpha value is -2.34. The molecule has 3 heterocycles. The maximum absolute atomic E-state index is 12.7. The third-order valence-electron chi connectivity index (χ3n) is 3.89. The molecule has 0 saturated carbocycles. The van der Waals surface area contributed by atoms with Crippen LogP contribution in [0.1, 0.15) is 16.8 Å². The van der Waals surface area contributed by atoms with E-state index in [2.05, 4.69) is 26.9 Å². The van der Waals surface area contributed by atoms with Crippen molar-refractivity contribution in [3.8, 4) is 11.1 Å². The van der Waals surface area contributed by atoms with E-state index in [-0.39, 0.29) is 5.91 Å². The lowest BCUT2D eigenvalue weighted by molar-refractivity contribution is 0.0762. The van der Waals surface area contributed by atoms with Gasteiger partial charge in [-0.05, 0) is 26.1 Å². The Kier molecular flexibility index (Phi) is 4.39. The van der Waals surface area contributed by atoms with Crippen molar-refractivity contribution in [1.29, 1.82) is 0 Å². The van der Waals surface area contributed by atoms with Gasteiger partial charge >= 0.3 is 0 Å². The third-order valence-corrected chi connectivity index (χ3v) is 3.89. The van der Waals surface area contributed by atoms with Crippen molar-refractivity contribution in [3.05, 3.63) is 42.7 Å². The summed E-state index contributed by atoms with van der Waals surface area (Å²) in [5, 5.41) is 0. The number of amides is 1. The predicted molar refractivity (Wildman–Crippen MR) is 83.3 cm³/mol. The minimum absolute atomic E-state index is 0.0431. The van der Waals surface area contributed by atoms with E-state index in [0.717, 1.165) is 43.7 Å². The second-order valence-electron chi connectivity index (χ2n) is 5.54. The molecule has 2 aromatic rings. The Morgan fingerprint density at radius 3 is 2.55 bits per heavy atom. The molecule has 0 aromatic carbocycles. The summed E-state index contributed by atoms with van der Waals surface area (Å²) in [6, 6.07) is 1.86. The van der Waals surface area contributed by atoms with Crippen molar-refractivity contribution < 1.29 is 4.79 Å². The molecular weight excluding hydrogens is 278 g/mol. The fourth-order valence-corrected chi connectivity index (χ4v) is 2.60. The van der Waals surface area contributed by atoms with Crippen LogP contribution in [0.3, 0.4) is 0 Å². The molecule has 0 atom stereocenters. The van der Waals surface area contributed by atoms with Gasteiger partial charge in [0.05, 0.1) is 5.56 Å². The molecule has 0 N–H and O–H groups in total. The number of carbonyl (C=O) groups excluding carboxylic acids is 1. The summed E-state index contributed by atoms with van der Waals surface area (Å²) in [6.07, 6.45) is 9.29. The summed E-state index contributed by atoms with van der Waals surface area (Å²) in [6.45, 7) is 3.49. The zero-order valence-corrected chi connectivity index (χ0v) is 12.6. The van der Waals surface area contributed by atoms with Crippen molar-refractivity contribution in [1.82, 2.24) is 24.8 Å². The summed E-state index contributed by atoms with van der Waals surface area (Å²) in [7, 11) is 2.09. The second kappa shape index (κ2) is 6.62. The Balaban J connectivity index is 1.81. The first kappa shape index (κ1) is 14.6. The van der Waals surface area contributed by atoms with Crippen LogP contribution >= 0.6 is 0 Å². The van der Waals surface area contributed by atoms with Crippen LogP contribution in [-0.4, -0.2) is 63.9 Å². The monoisotopic (exact) mass is 297 g/mol. The lowest BCUT2D eigenvalue weighted by Crippen LogP contribution is -2.34. The van der Waals surface area contributed by atoms with Crippen LogP contribution < -0.4 is 0 Å². The lowest BCUT2D eigenvalue weighted by atomic mass is 10.1. The van der Waals surface area contributed by atoms with E-state index in [1.54, 1.807) is 24.8 Å². The number of aromatic nitrogens is 3. The minimum Gasteiger partial charge on any atom is -0.337 e. The van der Waals surface area contributed by atoms with Gasteiger partial charge in [0.2, 0.25) is 0 Å². The number of likely N-dealkylation sites (N-methyl/N-ethyl adjacent to an activating group) is 1. The smallest absolute Gasteiger partial charge is 0.255 e. The molecule has 6 nitrogen and oxygen atoms in total. The van der Waals surface area contributed by atoms with Gasteiger partial charge < -0.3 is 9.80 Å². The largest absolute Gasteiger partial charge is 0.337 e. The van der Waals surface area contributed by atoms with Crippen LogP contribution in [0.4, 0.5) is 0 Å². The minimum atomic E-state index is 0.0431. The highest BCUT2D eigenvalue weighted by molar-refractivity contribution is 5.95. The first-order valence-electron chi connectivity index (χ1n) is 7.42. The van der Waals surface area contributed by atoms with Gasteiger partial charge in [0.25, 0.3) is 5.91 Å². The molecule has 0 unspecified atom stereocenters. The van der Waals surface area contributed by atoms with Gasteiger partial charge in [0.15, 0.2) is 0 Å². The van der Waals surface area contributed by atoms with Gasteiger partial charge in [0, 0.05) is 55.5 Å². The van der Waals surface area contributed by atoms with Crippen LogP contribution in [0, 0.1) is 0 Å². The van der Waals surface area contributed by atoms with Crippen molar-refractivity contribution in [2.45, 2.75) is 6.42 Å². The molecule has 1 saturated heterocycles. The Bertz CT molecular complexity index is 646. The summed E-state index contributed by atoms with van der Waals surface area (Å²) >= 11 is 0. The molecule has 2 aromatic heterocycles. The van der Waals surface area contributed by atoms with E-state index < -0.39 is 0 Å². The Morgan fingerprint density at radius 2 is 1.73 bits per heavy atom.